The van der Waals surface area contributed by atoms with Gasteiger partial charge in [-0.15, -0.1) is 0 Å². The van der Waals surface area contributed by atoms with Crippen LogP contribution in [0.5, 0.6) is 17.2 Å². The molecule has 0 spiro atoms. The van der Waals surface area contributed by atoms with Crippen molar-refractivity contribution in [3.8, 4) is 17.2 Å². The summed E-state index contributed by atoms with van der Waals surface area (Å²) in [5.41, 5.74) is 3.48. The molecule has 1 amide bonds. The number of rotatable bonds is 7. The number of aliphatic hydroxyl groups excluding tert-OH is 1. The molecular weight excluding hydrogens is 502 g/mol. The molecule has 0 bridgehead atoms. The lowest BCUT2D eigenvalue weighted by molar-refractivity contribution is -0.132. The third kappa shape index (κ3) is 5.08. The molecule has 4 aromatic carbocycles. The average molecular weight is 534 g/mol. The fraction of sp³-hybridized carbons (Fsp3) is 0.176. The second kappa shape index (κ2) is 11.1. The van der Waals surface area contributed by atoms with Crippen molar-refractivity contribution in [2.24, 2.45) is 0 Å². The van der Waals surface area contributed by atoms with Crippen molar-refractivity contribution in [3.63, 3.8) is 0 Å². The lowest BCUT2D eigenvalue weighted by atomic mass is 9.93. The largest absolute Gasteiger partial charge is 0.507 e. The van der Waals surface area contributed by atoms with Crippen LogP contribution in [0.3, 0.4) is 0 Å². The minimum absolute atomic E-state index is 0.0169. The van der Waals surface area contributed by atoms with E-state index in [2.05, 4.69) is 0 Å². The molecule has 1 atom stereocenters. The van der Waals surface area contributed by atoms with Crippen LogP contribution in [-0.4, -0.2) is 23.9 Å². The van der Waals surface area contributed by atoms with E-state index in [9.17, 15) is 14.7 Å². The van der Waals surface area contributed by atoms with Gasteiger partial charge in [0.15, 0.2) is 0 Å². The van der Waals surface area contributed by atoms with Gasteiger partial charge in [0.25, 0.3) is 11.7 Å². The number of anilines is 1. The quantitative estimate of drug-likeness (QED) is 0.151. The number of amides is 1. The van der Waals surface area contributed by atoms with E-state index in [0.717, 1.165) is 11.1 Å². The van der Waals surface area contributed by atoms with Gasteiger partial charge in [0.2, 0.25) is 0 Å². The maximum absolute atomic E-state index is 13.6. The highest BCUT2D eigenvalue weighted by atomic mass is 16.5. The molecule has 202 valence electrons. The molecule has 5 rings (SSSR count). The Kier molecular flexibility index (Phi) is 7.43. The molecule has 1 N–H and O–H groups in total. The molecule has 1 unspecified atom stereocenters. The lowest BCUT2D eigenvalue weighted by Gasteiger charge is -2.26. The summed E-state index contributed by atoms with van der Waals surface area (Å²) in [6.07, 6.45) is 0. The highest BCUT2D eigenvalue weighted by Gasteiger charge is 2.47. The molecule has 1 heterocycles. The second-order valence-electron chi connectivity index (χ2n) is 10.1. The van der Waals surface area contributed by atoms with Crippen LogP contribution in [0.15, 0.2) is 103 Å². The molecule has 1 aliphatic rings. The Balaban J connectivity index is 1.69. The van der Waals surface area contributed by atoms with Gasteiger partial charge in [-0.25, -0.2) is 0 Å². The van der Waals surface area contributed by atoms with E-state index in [1.165, 1.54) is 4.90 Å². The number of Topliss-reactive ketones (excluding diaryl/α,β-unsaturated/α-hetero) is 1. The first-order valence-corrected chi connectivity index (χ1v) is 13.2. The minimum atomic E-state index is -0.870. The summed E-state index contributed by atoms with van der Waals surface area (Å²) in [5.74, 6) is 0.313. The summed E-state index contributed by atoms with van der Waals surface area (Å²) in [4.78, 5) is 28.7. The Morgan fingerprint density at radius 2 is 1.57 bits per heavy atom. The van der Waals surface area contributed by atoms with Gasteiger partial charge in [0, 0.05) is 11.3 Å². The van der Waals surface area contributed by atoms with Gasteiger partial charge in [-0.05, 0) is 84.1 Å². The van der Waals surface area contributed by atoms with Crippen LogP contribution in [0, 0.1) is 6.92 Å². The number of hydrogen-bond donors (Lipinski definition) is 1. The molecular formula is C34H31NO5. The fourth-order valence-electron chi connectivity index (χ4n) is 5.05. The Morgan fingerprint density at radius 3 is 2.27 bits per heavy atom. The Bertz CT molecular complexity index is 1610. The third-order valence-corrected chi connectivity index (χ3v) is 7.00. The van der Waals surface area contributed by atoms with Crippen molar-refractivity contribution in [2.75, 3.05) is 12.0 Å². The maximum atomic E-state index is 13.6. The van der Waals surface area contributed by atoms with Crippen LogP contribution in [0.2, 0.25) is 0 Å². The first-order chi connectivity index (χ1) is 19.3. The summed E-state index contributed by atoms with van der Waals surface area (Å²) in [6.45, 7) is 5.97. The minimum Gasteiger partial charge on any atom is -0.507 e. The molecule has 0 saturated carbocycles. The fourth-order valence-corrected chi connectivity index (χ4v) is 5.05. The number of hydrogen-bond acceptors (Lipinski definition) is 5. The molecule has 0 radical (unpaired) electrons. The Hall–Kier alpha value is -4.84. The van der Waals surface area contributed by atoms with Crippen molar-refractivity contribution in [1.29, 1.82) is 0 Å². The zero-order chi connectivity index (χ0) is 28.4. The van der Waals surface area contributed by atoms with Gasteiger partial charge in [-0.3, -0.25) is 14.5 Å². The van der Waals surface area contributed by atoms with Crippen LogP contribution in [0.25, 0.3) is 5.76 Å². The summed E-state index contributed by atoms with van der Waals surface area (Å²) in [6, 6.07) is 28.4. The Morgan fingerprint density at radius 1 is 0.850 bits per heavy atom. The zero-order valence-corrected chi connectivity index (χ0v) is 22.9. The van der Waals surface area contributed by atoms with Crippen LogP contribution in [0.4, 0.5) is 5.69 Å². The van der Waals surface area contributed by atoms with Crippen molar-refractivity contribution in [2.45, 2.75) is 32.7 Å². The highest BCUT2D eigenvalue weighted by molar-refractivity contribution is 6.51. The molecule has 1 saturated heterocycles. The van der Waals surface area contributed by atoms with Crippen LogP contribution < -0.4 is 14.4 Å². The summed E-state index contributed by atoms with van der Waals surface area (Å²) in [7, 11) is 1.60. The Labute approximate surface area is 234 Å². The second-order valence-corrected chi connectivity index (χ2v) is 10.1. The number of aliphatic hydroxyl groups is 1. The zero-order valence-electron chi connectivity index (χ0n) is 22.9. The summed E-state index contributed by atoms with van der Waals surface area (Å²) in [5, 5.41) is 11.6. The number of carbonyl (C=O) groups excluding carboxylic acids is 2. The molecule has 6 heteroatoms. The molecule has 1 aliphatic heterocycles. The number of para-hydroxylation sites is 1. The average Bonchev–Trinajstić information content (AvgIpc) is 3.23. The van der Waals surface area contributed by atoms with Crippen LogP contribution in [-0.2, 0) is 9.59 Å². The first-order valence-electron chi connectivity index (χ1n) is 13.2. The number of nitrogens with zero attached hydrogens (tertiary/aromatic N) is 1. The first kappa shape index (κ1) is 26.8. The number of benzene rings is 4. The predicted molar refractivity (Wildman–Crippen MR) is 156 cm³/mol. The monoisotopic (exact) mass is 533 g/mol. The van der Waals surface area contributed by atoms with E-state index in [1.54, 1.807) is 31.4 Å². The molecule has 0 aliphatic carbocycles. The third-order valence-electron chi connectivity index (χ3n) is 7.00. The van der Waals surface area contributed by atoms with Crippen molar-refractivity contribution in [3.05, 3.63) is 125 Å². The lowest BCUT2D eigenvalue weighted by Crippen LogP contribution is -2.29. The van der Waals surface area contributed by atoms with Crippen molar-refractivity contribution >= 4 is 23.1 Å². The van der Waals surface area contributed by atoms with Gasteiger partial charge in [-0.2, -0.15) is 0 Å². The number of ether oxygens (including phenoxy) is 2. The molecule has 4 aromatic rings. The summed E-state index contributed by atoms with van der Waals surface area (Å²) >= 11 is 0. The molecule has 6 nitrogen and oxygen atoms in total. The normalized spacial score (nSPS) is 16.4. The highest BCUT2D eigenvalue weighted by Crippen LogP contribution is 2.44. The molecule has 0 aromatic heterocycles. The van der Waals surface area contributed by atoms with Gasteiger partial charge in [0.1, 0.15) is 23.0 Å². The van der Waals surface area contributed by atoms with E-state index in [-0.39, 0.29) is 17.3 Å². The van der Waals surface area contributed by atoms with E-state index < -0.39 is 17.7 Å². The van der Waals surface area contributed by atoms with Gasteiger partial charge < -0.3 is 14.6 Å². The standard InChI is InChI=1S/C34H31NO5/c1-21(2)28-20-24(16-17-29(28)39-4)32(36)30-31(35(34(38)33(30)37)25-12-8-10-22(3)18-25)23-11-9-15-27(19-23)40-26-13-6-5-7-14-26/h5-21,31,36H,1-4H3/b32-30+. The van der Waals surface area contributed by atoms with Gasteiger partial charge >= 0.3 is 0 Å². The number of aryl methyl sites for hydroxylation is 1. The summed E-state index contributed by atoms with van der Waals surface area (Å²) < 4.78 is 11.6. The van der Waals surface area contributed by atoms with E-state index in [0.29, 0.717) is 34.1 Å². The van der Waals surface area contributed by atoms with Gasteiger partial charge in [0.05, 0.1) is 18.7 Å². The number of methoxy groups -OCH3 is 1. The topological polar surface area (TPSA) is 76.1 Å². The van der Waals surface area contributed by atoms with E-state index in [4.69, 9.17) is 9.47 Å². The smallest absolute Gasteiger partial charge is 0.300 e. The van der Waals surface area contributed by atoms with Crippen LogP contribution >= 0.6 is 0 Å². The van der Waals surface area contributed by atoms with Crippen LogP contribution in [0.1, 0.15) is 48.1 Å². The number of carbonyl (C=O) groups is 2. The molecule has 1 fully saturated rings. The van der Waals surface area contributed by atoms with Crippen molar-refractivity contribution in [1.82, 2.24) is 0 Å². The number of ketones is 1. The van der Waals surface area contributed by atoms with Crippen molar-refractivity contribution < 1.29 is 24.2 Å². The predicted octanol–water partition coefficient (Wildman–Crippen LogP) is 7.55. The van der Waals surface area contributed by atoms with E-state index in [1.807, 2.05) is 93.6 Å². The van der Waals surface area contributed by atoms with E-state index >= 15 is 0 Å². The van der Waals surface area contributed by atoms with Gasteiger partial charge in [-0.1, -0.05) is 56.3 Å². The SMILES string of the molecule is COc1ccc(/C(O)=C2\C(=O)C(=O)N(c3cccc(C)c3)C2c2cccc(Oc3ccccc3)c2)cc1C(C)C. The molecule has 40 heavy (non-hydrogen) atoms. The maximum Gasteiger partial charge on any atom is 0.300 e.